The van der Waals surface area contributed by atoms with Crippen LogP contribution < -0.4 is 5.32 Å². The standard InChI is InChI=1S/C19H17F2N3O/c1-24-11-10-22-19(24)18(14-7-3-5-9-16(14)21)23-17(25)12-13-6-2-4-8-15(13)20/h2-11,18H,12H2,1H3,(H,23,25)/t18-/m0/s1. The number of imidazole rings is 1. The minimum Gasteiger partial charge on any atom is -0.342 e. The van der Waals surface area contributed by atoms with Crippen LogP contribution in [0.15, 0.2) is 60.9 Å². The Bertz CT molecular complexity index is 892. The normalized spacial score (nSPS) is 12.0. The fourth-order valence-electron chi connectivity index (χ4n) is 2.67. The van der Waals surface area contributed by atoms with E-state index in [1.54, 1.807) is 60.4 Å². The van der Waals surface area contributed by atoms with Gasteiger partial charge in [0.1, 0.15) is 23.5 Å². The van der Waals surface area contributed by atoms with Crippen molar-refractivity contribution in [2.45, 2.75) is 12.5 Å². The van der Waals surface area contributed by atoms with Gasteiger partial charge in [0.15, 0.2) is 0 Å². The van der Waals surface area contributed by atoms with Gasteiger partial charge in [-0.1, -0.05) is 36.4 Å². The van der Waals surface area contributed by atoms with Crippen molar-refractivity contribution in [1.29, 1.82) is 0 Å². The van der Waals surface area contributed by atoms with E-state index in [1.807, 2.05) is 0 Å². The van der Waals surface area contributed by atoms with Gasteiger partial charge >= 0.3 is 0 Å². The van der Waals surface area contributed by atoms with Crippen LogP contribution in [-0.2, 0) is 18.3 Å². The number of hydrogen-bond acceptors (Lipinski definition) is 2. The summed E-state index contributed by atoms with van der Waals surface area (Å²) in [7, 11) is 1.76. The van der Waals surface area contributed by atoms with Gasteiger partial charge in [-0.15, -0.1) is 0 Å². The molecule has 0 radical (unpaired) electrons. The predicted octanol–water partition coefficient (Wildman–Crippen LogP) is 3.15. The first kappa shape index (κ1) is 16.8. The van der Waals surface area contributed by atoms with Crippen LogP contribution in [0.4, 0.5) is 8.78 Å². The van der Waals surface area contributed by atoms with Crippen molar-refractivity contribution in [3.8, 4) is 0 Å². The summed E-state index contributed by atoms with van der Waals surface area (Å²) in [5.41, 5.74) is 0.589. The lowest BCUT2D eigenvalue weighted by molar-refractivity contribution is -0.121. The maximum atomic E-state index is 14.3. The van der Waals surface area contributed by atoms with Gasteiger partial charge in [0.2, 0.25) is 5.91 Å². The molecule has 1 amide bonds. The van der Waals surface area contributed by atoms with Crippen molar-refractivity contribution in [3.63, 3.8) is 0 Å². The van der Waals surface area contributed by atoms with Crippen LogP contribution in [0.1, 0.15) is 23.0 Å². The van der Waals surface area contributed by atoms with Gasteiger partial charge in [0.25, 0.3) is 0 Å². The zero-order chi connectivity index (χ0) is 17.8. The second kappa shape index (κ2) is 7.25. The molecule has 0 unspecified atom stereocenters. The lowest BCUT2D eigenvalue weighted by Gasteiger charge is -2.20. The highest BCUT2D eigenvalue weighted by atomic mass is 19.1. The molecule has 1 N–H and O–H groups in total. The van der Waals surface area contributed by atoms with Gasteiger partial charge in [-0.05, 0) is 17.7 Å². The summed E-state index contributed by atoms with van der Waals surface area (Å²) in [6.07, 6.45) is 3.15. The molecule has 3 rings (SSSR count). The number of rotatable bonds is 5. The van der Waals surface area contributed by atoms with Crippen LogP contribution in [0, 0.1) is 11.6 Å². The third-order valence-electron chi connectivity index (χ3n) is 3.95. The van der Waals surface area contributed by atoms with E-state index in [-0.39, 0.29) is 12.0 Å². The summed E-state index contributed by atoms with van der Waals surface area (Å²) in [4.78, 5) is 16.6. The Hall–Kier alpha value is -3.02. The molecule has 128 valence electrons. The van der Waals surface area contributed by atoms with Gasteiger partial charge < -0.3 is 9.88 Å². The largest absolute Gasteiger partial charge is 0.342 e. The molecule has 0 aliphatic carbocycles. The van der Waals surface area contributed by atoms with Crippen LogP contribution in [-0.4, -0.2) is 15.5 Å². The fourth-order valence-corrected chi connectivity index (χ4v) is 2.67. The number of nitrogens with zero attached hydrogens (tertiary/aromatic N) is 2. The molecule has 0 saturated carbocycles. The summed E-state index contributed by atoms with van der Waals surface area (Å²) in [6, 6.07) is 11.5. The van der Waals surface area contributed by atoms with E-state index in [0.29, 0.717) is 11.4 Å². The van der Waals surface area contributed by atoms with Gasteiger partial charge in [-0.25, -0.2) is 13.8 Å². The minimum atomic E-state index is -0.763. The Balaban J connectivity index is 1.88. The van der Waals surface area contributed by atoms with E-state index in [1.165, 1.54) is 12.1 Å². The quantitative estimate of drug-likeness (QED) is 0.775. The van der Waals surface area contributed by atoms with Gasteiger partial charge in [-0.2, -0.15) is 0 Å². The number of nitrogens with one attached hydrogen (secondary N) is 1. The number of benzene rings is 2. The minimum absolute atomic E-state index is 0.137. The zero-order valence-corrected chi connectivity index (χ0v) is 13.6. The fraction of sp³-hybridized carbons (Fsp3) is 0.158. The van der Waals surface area contributed by atoms with E-state index in [0.717, 1.165) is 0 Å². The number of aromatic nitrogens is 2. The molecule has 0 bridgehead atoms. The molecule has 1 atom stereocenters. The molecule has 0 aliphatic heterocycles. The van der Waals surface area contributed by atoms with Crippen LogP contribution in [0.25, 0.3) is 0 Å². The first-order valence-electron chi connectivity index (χ1n) is 7.80. The summed E-state index contributed by atoms with van der Waals surface area (Å²) in [6.45, 7) is 0. The van der Waals surface area contributed by atoms with Gasteiger partial charge in [0.05, 0.1) is 6.42 Å². The second-order valence-corrected chi connectivity index (χ2v) is 5.69. The highest BCUT2D eigenvalue weighted by Gasteiger charge is 2.23. The molecular formula is C19H17F2N3O. The highest BCUT2D eigenvalue weighted by molar-refractivity contribution is 5.79. The molecule has 0 aliphatic rings. The summed E-state index contributed by atoms with van der Waals surface area (Å²) >= 11 is 0. The van der Waals surface area contributed by atoms with Gasteiger partial charge in [0, 0.05) is 25.0 Å². The zero-order valence-electron chi connectivity index (χ0n) is 13.6. The van der Waals surface area contributed by atoms with Crippen molar-refractivity contribution >= 4 is 5.91 Å². The average Bonchev–Trinajstić information content (AvgIpc) is 3.01. The summed E-state index contributed by atoms with van der Waals surface area (Å²) < 4.78 is 29.7. The Morgan fingerprint density at radius 1 is 1.12 bits per heavy atom. The third-order valence-corrected chi connectivity index (χ3v) is 3.95. The van der Waals surface area contributed by atoms with Crippen molar-refractivity contribution < 1.29 is 13.6 Å². The molecule has 6 heteroatoms. The predicted molar refractivity (Wildman–Crippen MR) is 89.7 cm³/mol. The maximum absolute atomic E-state index is 14.3. The Morgan fingerprint density at radius 2 is 1.80 bits per heavy atom. The van der Waals surface area contributed by atoms with E-state index in [4.69, 9.17) is 0 Å². The molecular weight excluding hydrogens is 324 g/mol. The molecule has 25 heavy (non-hydrogen) atoms. The van der Waals surface area contributed by atoms with E-state index in [9.17, 15) is 13.6 Å². The molecule has 2 aromatic carbocycles. The molecule has 1 heterocycles. The number of carbonyl (C=O) groups excluding carboxylic acids is 1. The summed E-state index contributed by atoms with van der Waals surface area (Å²) in [5, 5.41) is 2.76. The Morgan fingerprint density at radius 3 is 2.44 bits per heavy atom. The molecule has 3 aromatic rings. The number of carbonyl (C=O) groups is 1. The maximum Gasteiger partial charge on any atom is 0.225 e. The van der Waals surface area contributed by atoms with E-state index >= 15 is 0 Å². The highest BCUT2D eigenvalue weighted by Crippen LogP contribution is 2.23. The van der Waals surface area contributed by atoms with Crippen molar-refractivity contribution in [1.82, 2.24) is 14.9 Å². The molecule has 1 aromatic heterocycles. The van der Waals surface area contributed by atoms with Crippen LogP contribution in [0.2, 0.25) is 0 Å². The molecule has 0 saturated heterocycles. The second-order valence-electron chi connectivity index (χ2n) is 5.69. The van der Waals surface area contributed by atoms with Crippen LogP contribution in [0.3, 0.4) is 0 Å². The molecule has 0 spiro atoms. The van der Waals surface area contributed by atoms with Gasteiger partial charge in [-0.3, -0.25) is 4.79 Å². The monoisotopic (exact) mass is 341 g/mol. The van der Waals surface area contributed by atoms with Crippen molar-refractivity contribution in [2.24, 2.45) is 7.05 Å². The number of aryl methyl sites for hydroxylation is 1. The number of halogens is 2. The number of amides is 1. The third kappa shape index (κ3) is 3.74. The Kier molecular flexibility index (Phi) is 4.88. The smallest absolute Gasteiger partial charge is 0.225 e. The molecule has 4 nitrogen and oxygen atoms in total. The van der Waals surface area contributed by atoms with E-state index in [2.05, 4.69) is 10.3 Å². The Labute approximate surface area is 144 Å². The SMILES string of the molecule is Cn1ccnc1[C@@H](NC(=O)Cc1ccccc1F)c1ccccc1F. The molecule has 0 fully saturated rings. The summed E-state index contributed by atoms with van der Waals surface area (Å²) in [5.74, 6) is -0.813. The van der Waals surface area contributed by atoms with Crippen molar-refractivity contribution in [3.05, 3.63) is 89.5 Å². The lowest BCUT2D eigenvalue weighted by Crippen LogP contribution is -2.33. The first-order chi connectivity index (χ1) is 12.1. The van der Waals surface area contributed by atoms with E-state index < -0.39 is 23.6 Å². The number of hydrogen-bond donors (Lipinski definition) is 1. The van der Waals surface area contributed by atoms with Crippen LogP contribution in [0.5, 0.6) is 0 Å². The van der Waals surface area contributed by atoms with Crippen LogP contribution >= 0.6 is 0 Å². The first-order valence-corrected chi connectivity index (χ1v) is 7.80. The van der Waals surface area contributed by atoms with Crippen molar-refractivity contribution in [2.75, 3.05) is 0 Å². The average molecular weight is 341 g/mol. The topological polar surface area (TPSA) is 46.9 Å². The lowest BCUT2D eigenvalue weighted by atomic mass is 10.0.